The first kappa shape index (κ1) is 16.6. The molecule has 0 aliphatic rings. The lowest BCUT2D eigenvalue weighted by Crippen LogP contribution is -2.15. The summed E-state index contributed by atoms with van der Waals surface area (Å²) in [6, 6.07) is 8.15. The van der Waals surface area contributed by atoms with Gasteiger partial charge in [-0.15, -0.1) is 0 Å². The third-order valence-corrected chi connectivity index (χ3v) is 4.80. The first-order chi connectivity index (χ1) is 10.2. The third-order valence-electron chi connectivity index (χ3n) is 2.84. The summed E-state index contributed by atoms with van der Waals surface area (Å²) in [4.78, 5) is 10.9. The Balaban J connectivity index is 2.46. The second-order valence-corrected chi connectivity index (χ2v) is 7.07. The summed E-state index contributed by atoms with van der Waals surface area (Å²) < 4.78 is 27.2. The molecule has 8 heteroatoms. The van der Waals surface area contributed by atoms with Crippen molar-refractivity contribution in [1.29, 1.82) is 0 Å². The molecular weight excluding hydrogens is 349 g/mol. The van der Waals surface area contributed by atoms with Gasteiger partial charge in [0.15, 0.2) is 0 Å². The fraction of sp³-hybridized carbons (Fsp3) is 0.0714. The van der Waals surface area contributed by atoms with Gasteiger partial charge < -0.3 is 5.11 Å². The number of benzene rings is 2. The minimum Gasteiger partial charge on any atom is -0.478 e. The van der Waals surface area contributed by atoms with E-state index in [1.807, 2.05) is 0 Å². The summed E-state index contributed by atoms with van der Waals surface area (Å²) >= 11 is 11.7. The average molecular weight is 360 g/mol. The van der Waals surface area contributed by atoms with Crippen LogP contribution in [0.4, 0.5) is 5.69 Å². The Morgan fingerprint density at radius 2 is 1.68 bits per heavy atom. The van der Waals surface area contributed by atoms with Gasteiger partial charge in [-0.1, -0.05) is 29.3 Å². The van der Waals surface area contributed by atoms with E-state index in [0.717, 1.165) is 6.07 Å². The zero-order valence-corrected chi connectivity index (χ0v) is 13.6. The molecule has 2 rings (SSSR count). The zero-order chi connectivity index (χ0) is 16.5. The highest BCUT2D eigenvalue weighted by Crippen LogP contribution is 2.26. The molecule has 0 aliphatic carbocycles. The molecule has 5 nitrogen and oxygen atoms in total. The van der Waals surface area contributed by atoms with Crippen molar-refractivity contribution in [3.05, 3.63) is 57.6 Å². The van der Waals surface area contributed by atoms with Crippen LogP contribution in [0.25, 0.3) is 0 Å². The molecule has 2 aromatic rings. The van der Waals surface area contributed by atoms with Crippen LogP contribution in [0.3, 0.4) is 0 Å². The van der Waals surface area contributed by atoms with E-state index in [4.69, 9.17) is 28.3 Å². The molecule has 2 aromatic carbocycles. The molecule has 0 unspecified atom stereocenters. The van der Waals surface area contributed by atoms with Crippen molar-refractivity contribution in [2.45, 2.75) is 11.8 Å². The Kier molecular flexibility index (Phi) is 4.65. The van der Waals surface area contributed by atoms with Gasteiger partial charge in [0.2, 0.25) is 0 Å². The minimum atomic E-state index is -3.96. The van der Waals surface area contributed by atoms with E-state index in [1.54, 1.807) is 6.92 Å². The van der Waals surface area contributed by atoms with Crippen LogP contribution in [0, 0.1) is 6.92 Å². The van der Waals surface area contributed by atoms with E-state index in [2.05, 4.69) is 4.72 Å². The van der Waals surface area contributed by atoms with E-state index in [1.165, 1.54) is 30.3 Å². The van der Waals surface area contributed by atoms with Crippen molar-refractivity contribution >= 4 is 44.9 Å². The number of rotatable bonds is 4. The molecule has 116 valence electrons. The van der Waals surface area contributed by atoms with Crippen LogP contribution in [0.15, 0.2) is 41.3 Å². The van der Waals surface area contributed by atoms with Crippen LogP contribution in [-0.4, -0.2) is 19.5 Å². The molecule has 22 heavy (non-hydrogen) atoms. The number of halogens is 2. The number of carbonyl (C=O) groups is 1. The second-order valence-electron chi connectivity index (χ2n) is 4.55. The predicted octanol–water partition coefficient (Wildman–Crippen LogP) is 3.80. The van der Waals surface area contributed by atoms with Gasteiger partial charge in [-0.2, -0.15) is 0 Å². The van der Waals surface area contributed by atoms with Crippen molar-refractivity contribution < 1.29 is 18.3 Å². The Hall–Kier alpha value is -1.76. The first-order valence-corrected chi connectivity index (χ1v) is 8.26. The molecule has 2 N–H and O–H groups in total. The smallest absolute Gasteiger partial charge is 0.335 e. The molecule has 0 atom stereocenters. The van der Waals surface area contributed by atoms with Crippen molar-refractivity contribution in [3.63, 3.8) is 0 Å². The summed E-state index contributed by atoms with van der Waals surface area (Å²) in [7, 11) is -3.96. The maximum atomic E-state index is 12.4. The van der Waals surface area contributed by atoms with E-state index in [9.17, 15) is 13.2 Å². The molecule has 0 bridgehead atoms. The van der Waals surface area contributed by atoms with Gasteiger partial charge in [-0.25, -0.2) is 13.2 Å². The largest absolute Gasteiger partial charge is 0.478 e. The Labute approximate surface area is 137 Å². The maximum Gasteiger partial charge on any atom is 0.335 e. The highest BCUT2D eigenvalue weighted by atomic mass is 35.5. The van der Waals surface area contributed by atoms with Crippen LogP contribution < -0.4 is 4.72 Å². The number of anilines is 1. The van der Waals surface area contributed by atoms with Gasteiger partial charge >= 0.3 is 5.97 Å². The van der Waals surface area contributed by atoms with E-state index in [0.29, 0.717) is 5.56 Å². The fourth-order valence-electron chi connectivity index (χ4n) is 1.85. The summed E-state index contributed by atoms with van der Waals surface area (Å²) in [6.07, 6.45) is 0. The lowest BCUT2D eigenvalue weighted by atomic mass is 10.1. The fourth-order valence-corrected chi connectivity index (χ4v) is 3.68. The molecule has 0 spiro atoms. The third kappa shape index (κ3) is 3.71. The quantitative estimate of drug-likeness (QED) is 0.869. The molecule has 0 saturated carbocycles. The lowest BCUT2D eigenvalue weighted by Gasteiger charge is -2.11. The molecule has 0 radical (unpaired) electrons. The van der Waals surface area contributed by atoms with Crippen LogP contribution in [0.5, 0.6) is 0 Å². The highest BCUT2D eigenvalue weighted by Gasteiger charge is 2.19. The maximum absolute atomic E-state index is 12.4. The Bertz CT molecular complexity index is 830. The van der Waals surface area contributed by atoms with Gasteiger partial charge in [0.25, 0.3) is 10.0 Å². The summed E-state index contributed by atoms with van der Waals surface area (Å²) in [5.74, 6) is -1.21. The van der Waals surface area contributed by atoms with Crippen LogP contribution >= 0.6 is 23.2 Å². The number of carboxylic acids is 1. The van der Waals surface area contributed by atoms with Gasteiger partial charge in [-0.3, -0.25) is 4.72 Å². The SMILES string of the molecule is Cc1ccc(C(=O)O)cc1S(=O)(=O)Nc1cc(Cl)cc(Cl)c1. The van der Waals surface area contributed by atoms with Gasteiger partial charge in [0.1, 0.15) is 0 Å². The van der Waals surface area contributed by atoms with Gasteiger partial charge in [-0.05, 0) is 42.8 Å². The number of carboxylic acid groups (broad SMARTS) is 1. The number of aromatic carboxylic acids is 1. The van der Waals surface area contributed by atoms with E-state index in [-0.39, 0.29) is 26.2 Å². The monoisotopic (exact) mass is 359 g/mol. The molecule has 0 saturated heterocycles. The number of hydrogen-bond donors (Lipinski definition) is 2. The van der Waals surface area contributed by atoms with Crippen LogP contribution in [0.1, 0.15) is 15.9 Å². The van der Waals surface area contributed by atoms with Crippen molar-refractivity contribution in [2.75, 3.05) is 4.72 Å². The molecule has 0 amide bonds. The van der Waals surface area contributed by atoms with Crippen LogP contribution in [-0.2, 0) is 10.0 Å². The van der Waals surface area contributed by atoms with E-state index < -0.39 is 16.0 Å². The molecule has 0 heterocycles. The zero-order valence-electron chi connectivity index (χ0n) is 11.3. The number of hydrogen-bond acceptors (Lipinski definition) is 3. The van der Waals surface area contributed by atoms with Crippen molar-refractivity contribution in [2.24, 2.45) is 0 Å². The first-order valence-electron chi connectivity index (χ1n) is 6.02. The Morgan fingerprint density at radius 3 is 2.23 bits per heavy atom. The molecule has 0 aromatic heterocycles. The second kappa shape index (κ2) is 6.16. The van der Waals surface area contributed by atoms with Gasteiger partial charge in [0.05, 0.1) is 16.1 Å². The standard InChI is InChI=1S/C14H11Cl2NO4S/c1-8-2-3-9(14(18)19)4-13(8)22(20,21)17-12-6-10(15)5-11(16)7-12/h2-7,17H,1H3,(H,18,19). The van der Waals surface area contributed by atoms with Crippen molar-refractivity contribution in [3.8, 4) is 0 Å². The summed E-state index contributed by atoms with van der Waals surface area (Å²) in [5, 5.41) is 9.54. The summed E-state index contributed by atoms with van der Waals surface area (Å²) in [5.41, 5.74) is 0.498. The molecule has 0 aliphatic heterocycles. The topological polar surface area (TPSA) is 83.5 Å². The number of sulfonamides is 1. The Morgan fingerprint density at radius 1 is 1.09 bits per heavy atom. The van der Waals surface area contributed by atoms with E-state index >= 15 is 0 Å². The molecular formula is C14H11Cl2NO4S. The molecule has 0 fully saturated rings. The van der Waals surface area contributed by atoms with Crippen molar-refractivity contribution in [1.82, 2.24) is 0 Å². The normalized spacial score (nSPS) is 11.2. The van der Waals surface area contributed by atoms with Crippen LogP contribution in [0.2, 0.25) is 10.0 Å². The highest BCUT2D eigenvalue weighted by molar-refractivity contribution is 7.92. The summed E-state index contributed by atoms with van der Waals surface area (Å²) in [6.45, 7) is 1.57. The average Bonchev–Trinajstić information content (AvgIpc) is 2.36. The predicted molar refractivity (Wildman–Crippen MR) is 85.4 cm³/mol. The number of nitrogens with one attached hydrogen (secondary N) is 1. The lowest BCUT2D eigenvalue weighted by molar-refractivity contribution is 0.0696. The van der Waals surface area contributed by atoms with Gasteiger partial charge in [0, 0.05) is 10.0 Å². The minimum absolute atomic E-state index is 0.116. The number of aryl methyl sites for hydroxylation is 1.